The molecule has 29 heavy (non-hydrogen) atoms. The number of ether oxygens (including phenoxy) is 2. The fraction of sp³-hybridized carbons (Fsp3) is 0.286. The van der Waals surface area contributed by atoms with Crippen LogP contribution in [0, 0.1) is 6.92 Å². The van der Waals surface area contributed by atoms with Crippen LogP contribution in [0.2, 0.25) is 0 Å². The van der Waals surface area contributed by atoms with Gasteiger partial charge < -0.3 is 19.4 Å². The Bertz CT molecular complexity index is 1030. The number of hydrogen-bond acceptors (Lipinski definition) is 6. The Labute approximate surface area is 173 Å². The minimum atomic E-state index is -0.192. The number of aromatic nitrogens is 3. The number of aryl methyl sites for hydroxylation is 1. The molecule has 1 N–H and O–H groups in total. The van der Waals surface area contributed by atoms with Gasteiger partial charge in [-0.2, -0.15) is 0 Å². The molecule has 8 heteroatoms. The van der Waals surface area contributed by atoms with Gasteiger partial charge in [-0.05, 0) is 43.2 Å². The summed E-state index contributed by atoms with van der Waals surface area (Å²) in [5.74, 6) is 2.61. The average molecular weight is 410 g/mol. The lowest BCUT2D eigenvalue weighted by Gasteiger charge is -2.09. The van der Waals surface area contributed by atoms with Crippen molar-refractivity contribution < 1.29 is 14.3 Å². The van der Waals surface area contributed by atoms with Gasteiger partial charge in [-0.25, -0.2) is 0 Å². The molecule has 7 nitrogen and oxygen atoms in total. The van der Waals surface area contributed by atoms with Gasteiger partial charge in [0.05, 0.1) is 6.54 Å². The minimum absolute atomic E-state index is 0.183. The summed E-state index contributed by atoms with van der Waals surface area (Å²) < 4.78 is 12.6. The molecule has 2 aromatic carbocycles. The molecule has 0 bridgehead atoms. The predicted molar refractivity (Wildman–Crippen MR) is 110 cm³/mol. The van der Waals surface area contributed by atoms with E-state index in [4.69, 9.17) is 9.47 Å². The maximum Gasteiger partial charge on any atom is 0.251 e. The standard InChI is InChI=1S/C21H22N4O3S/c1-3-25-19(23-24-21(25)29-12-16-7-5-4-6-14(16)2)11-22-20(26)15-8-9-17-18(10-15)28-13-27-17/h4-10H,3,11-13H2,1-2H3,(H,22,26). The first-order valence-corrected chi connectivity index (χ1v) is 10.4. The van der Waals surface area contributed by atoms with Crippen molar-refractivity contribution >= 4 is 17.7 Å². The summed E-state index contributed by atoms with van der Waals surface area (Å²) in [7, 11) is 0. The molecule has 1 aliphatic rings. The van der Waals surface area contributed by atoms with Crippen molar-refractivity contribution in [2.75, 3.05) is 6.79 Å². The SMILES string of the molecule is CCn1c(CNC(=O)c2ccc3c(c2)OCO3)nnc1SCc1ccccc1C. The van der Waals surface area contributed by atoms with Gasteiger partial charge in [0.15, 0.2) is 22.5 Å². The van der Waals surface area contributed by atoms with Crippen molar-refractivity contribution in [1.82, 2.24) is 20.1 Å². The predicted octanol–water partition coefficient (Wildman–Crippen LogP) is 3.56. The summed E-state index contributed by atoms with van der Waals surface area (Å²) in [5.41, 5.74) is 3.06. The molecule has 4 rings (SSSR count). The monoisotopic (exact) mass is 410 g/mol. The zero-order valence-electron chi connectivity index (χ0n) is 16.3. The second kappa shape index (κ2) is 8.57. The molecule has 1 amide bonds. The van der Waals surface area contributed by atoms with Gasteiger partial charge in [0.2, 0.25) is 6.79 Å². The van der Waals surface area contributed by atoms with Gasteiger partial charge in [0, 0.05) is 17.9 Å². The topological polar surface area (TPSA) is 78.3 Å². The summed E-state index contributed by atoms with van der Waals surface area (Å²) in [6.07, 6.45) is 0. The van der Waals surface area contributed by atoms with E-state index in [0.29, 0.717) is 23.6 Å². The van der Waals surface area contributed by atoms with Crippen molar-refractivity contribution in [1.29, 1.82) is 0 Å². The molecule has 0 radical (unpaired) electrons. The maximum atomic E-state index is 12.5. The number of nitrogens with one attached hydrogen (secondary N) is 1. The number of nitrogens with zero attached hydrogens (tertiary/aromatic N) is 3. The van der Waals surface area contributed by atoms with Crippen LogP contribution in [-0.4, -0.2) is 27.5 Å². The van der Waals surface area contributed by atoms with Crippen molar-refractivity contribution in [3.63, 3.8) is 0 Å². The first kappa shape index (κ1) is 19.3. The zero-order chi connectivity index (χ0) is 20.2. The Morgan fingerprint density at radius 1 is 1.17 bits per heavy atom. The third-order valence-corrected chi connectivity index (χ3v) is 5.79. The minimum Gasteiger partial charge on any atom is -0.454 e. The quantitative estimate of drug-likeness (QED) is 0.600. The molecule has 1 aromatic heterocycles. The molecular formula is C21H22N4O3S. The van der Waals surface area contributed by atoms with Crippen LogP contribution in [0.3, 0.4) is 0 Å². The molecule has 150 valence electrons. The molecule has 0 spiro atoms. The number of fused-ring (bicyclic) bond motifs is 1. The zero-order valence-corrected chi connectivity index (χ0v) is 17.2. The lowest BCUT2D eigenvalue weighted by atomic mass is 10.1. The highest BCUT2D eigenvalue weighted by Crippen LogP contribution is 2.32. The Hall–Kier alpha value is -3.00. The summed E-state index contributed by atoms with van der Waals surface area (Å²) in [4.78, 5) is 12.5. The van der Waals surface area contributed by atoms with Crippen molar-refractivity contribution in [2.45, 2.75) is 37.8 Å². The van der Waals surface area contributed by atoms with E-state index >= 15 is 0 Å². The number of rotatable bonds is 7. The maximum absolute atomic E-state index is 12.5. The first-order valence-electron chi connectivity index (χ1n) is 9.43. The summed E-state index contributed by atoms with van der Waals surface area (Å²) in [6, 6.07) is 13.5. The van der Waals surface area contributed by atoms with E-state index in [2.05, 4.69) is 34.6 Å². The Kier molecular flexibility index (Phi) is 5.71. The summed E-state index contributed by atoms with van der Waals surface area (Å²) in [5, 5.41) is 12.4. The lowest BCUT2D eigenvalue weighted by molar-refractivity contribution is 0.0949. The van der Waals surface area contributed by atoms with Gasteiger partial charge in [-0.3, -0.25) is 4.79 Å². The lowest BCUT2D eigenvalue weighted by Crippen LogP contribution is -2.24. The number of hydrogen-bond donors (Lipinski definition) is 1. The van der Waals surface area contributed by atoms with Crippen LogP contribution in [0.15, 0.2) is 47.6 Å². The molecule has 0 saturated heterocycles. The Morgan fingerprint density at radius 3 is 2.83 bits per heavy atom. The van der Waals surface area contributed by atoms with Crippen molar-refractivity contribution in [2.24, 2.45) is 0 Å². The van der Waals surface area contributed by atoms with Gasteiger partial charge in [0.25, 0.3) is 5.91 Å². The van der Waals surface area contributed by atoms with E-state index in [1.807, 2.05) is 23.6 Å². The van der Waals surface area contributed by atoms with E-state index < -0.39 is 0 Å². The number of carbonyl (C=O) groups excluding carboxylic acids is 1. The highest BCUT2D eigenvalue weighted by Gasteiger charge is 2.17. The van der Waals surface area contributed by atoms with E-state index in [9.17, 15) is 4.79 Å². The molecule has 1 aliphatic heterocycles. The van der Waals surface area contributed by atoms with Gasteiger partial charge in [-0.1, -0.05) is 36.0 Å². The number of amides is 1. The van der Waals surface area contributed by atoms with Crippen molar-refractivity contribution in [3.8, 4) is 11.5 Å². The highest BCUT2D eigenvalue weighted by atomic mass is 32.2. The fourth-order valence-corrected chi connectivity index (χ4v) is 4.19. The van der Waals surface area contributed by atoms with E-state index in [-0.39, 0.29) is 12.7 Å². The van der Waals surface area contributed by atoms with Crippen LogP contribution >= 0.6 is 11.8 Å². The van der Waals surface area contributed by atoms with Crippen LogP contribution in [0.4, 0.5) is 0 Å². The number of carbonyl (C=O) groups is 1. The van der Waals surface area contributed by atoms with Crippen LogP contribution in [0.5, 0.6) is 11.5 Å². The Balaban J connectivity index is 1.40. The summed E-state index contributed by atoms with van der Waals surface area (Å²) in [6.45, 7) is 5.38. The van der Waals surface area contributed by atoms with Crippen LogP contribution in [0.1, 0.15) is 34.2 Å². The third kappa shape index (κ3) is 4.22. The van der Waals surface area contributed by atoms with E-state index in [0.717, 1.165) is 23.3 Å². The molecular weight excluding hydrogens is 388 g/mol. The molecule has 0 atom stereocenters. The fourth-order valence-electron chi connectivity index (χ4n) is 3.09. The van der Waals surface area contributed by atoms with Gasteiger partial charge in [0.1, 0.15) is 0 Å². The van der Waals surface area contributed by atoms with Crippen molar-refractivity contribution in [3.05, 3.63) is 65.0 Å². The molecule has 3 aromatic rings. The van der Waals surface area contributed by atoms with Crippen LogP contribution < -0.4 is 14.8 Å². The smallest absolute Gasteiger partial charge is 0.251 e. The second-order valence-electron chi connectivity index (χ2n) is 6.61. The molecule has 2 heterocycles. The van der Waals surface area contributed by atoms with Crippen LogP contribution in [0.25, 0.3) is 0 Å². The number of benzene rings is 2. The van der Waals surface area contributed by atoms with E-state index in [1.165, 1.54) is 11.1 Å². The second-order valence-corrected chi connectivity index (χ2v) is 7.55. The Morgan fingerprint density at radius 2 is 2.00 bits per heavy atom. The van der Waals surface area contributed by atoms with Gasteiger partial charge >= 0.3 is 0 Å². The highest BCUT2D eigenvalue weighted by molar-refractivity contribution is 7.98. The normalized spacial score (nSPS) is 12.2. The average Bonchev–Trinajstić information content (AvgIpc) is 3.37. The molecule has 0 fully saturated rings. The molecule has 0 unspecified atom stereocenters. The number of thioether (sulfide) groups is 1. The molecule has 0 aliphatic carbocycles. The van der Waals surface area contributed by atoms with E-state index in [1.54, 1.807) is 30.0 Å². The summed E-state index contributed by atoms with van der Waals surface area (Å²) >= 11 is 1.65. The van der Waals surface area contributed by atoms with Gasteiger partial charge in [-0.15, -0.1) is 10.2 Å². The largest absolute Gasteiger partial charge is 0.454 e. The molecule has 0 saturated carbocycles. The van der Waals surface area contributed by atoms with Crippen LogP contribution in [-0.2, 0) is 18.8 Å². The third-order valence-electron chi connectivity index (χ3n) is 4.77. The first-order chi connectivity index (χ1) is 14.2.